The van der Waals surface area contributed by atoms with Gasteiger partial charge in [0.1, 0.15) is 4.32 Å². The van der Waals surface area contributed by atoms with Crippen molar-refractivity contribution in [3.8, 4) is 0 Å². The molecule has 1 fully saturated rings. The third-order valence-corrected chi connectivity index (χ3v) is 5.82. The van der Waals surface area contributed by atoms with E-state index in [-0.39, 0.29) is 18.2 Å². The molecule has 0 aliphatic carbocycles. The Morgan fingerprint density at radius 3 is 2.48 bits per heavy atom. The van der Waals surface area contributed by atoms with Crippen LogP contribution >= 0.6 is 24.0 Å². The fourth-order valence-electron chi connectivity index (χ4n) is 2.82. The minimum atomic E-state index is -0.537. The van der Waals surface area contributed by atoms with Gasteiger partial charge >= 0.3 is 5.97 Å². The molecule has 1 N–H and O–H groups in total. The SMILES string of the molecule is CCOC(=O)c1ccc(NC(=O)CC2SC(=S)N(Cc3ccccc3)C2=O)cc1. The molecule has 1 unspecified atom stereocenters. The maximum absolute atomic E-state index is 12.7. The molecule has 1 aliphatic rings. The van der Waals surface area contributed by atoms with Crippen molar-refractivity contribution in [2.24, 2.45) is 0 Å². The average Bonchev–Trinajstić information content (AvgIpc) is 2.97. The first-order chi connectivity index (χ1) is 14.0. The molecule has 0 aromatic heterocycles. The zero-order chi connectivity index (χ0) is 20.8. The summed E-state index contributed by atoms with van der Waals surface area (Å²) in [5, 5.41) is 2.21. The fraction of sp³-hybridized carbons (Fsp3) is 0.238. The first kappa shape index (κ1) is 21.0. The first-order valence-corrected chi connectivity index (χ1v) is 10.4. The Morgan fingerprint density at radius 2 is 1.83 bits per heavy atom. The van der Waals surface area contributed by atoms with Gasteiger partial charge in [-0.1, -0.05) is 54.3 Å². The van der Waals surface area contributed by atoms with Crippen LogP contribution in [0.15, 0.2) is 54.6 Å². The summed E-state index contributed by atoms with van der Waals surface area (Å²) in [6, 6.07) is 16.0. The van der Waals surface area contributed by atoms with Gasteiger partial charge in [-0.25, -0.2) is 4.79 Å². The van der Waals surface area contributed by atoms with E-state index in [1.165, 1.54) is 11.8 Å². The molecule has 2 aromatic rings. The number of ether oxygens (including phenoxy) is 1. The number of amides is 2. The molecule has 2 aromatic carbocycles. The van der Waals surface area contributed by atoms with Gasteiger partial charge in [0.2, 0.25) is 11.8 Å². The standard InChI is InChI=1S/C21H20N2O4S2/c1-2-27-20(26)15-8-10-16(11-9-15)22-18(24)12-17-19(25)23(21(28)29-17)13-14-6-4-3-5-7-14/h3-11,17H,2,12-13H2,1H3,(H,22,24). The summed E-state index contributed by atoms with van der Waals surface area (Å²) in [5.74, 6) is -0.855. The lowest BCUT2D eigenvalue weighted by molar-refractivity contribution is -0.128. The number of benzene rings is 2. The Labute approximate surface area is 178 Å². The van der Waals surface area contributed by atoms with Gasteiger partial charge in [-0.05, 0) is 36.8 Å². The molecule has 0 saturated carbocycles. The van der Waals surface area contributed by atoms with Gasteiger partial charge in [-0.15, -0.1) is 0 Å². The molecule has 1 atom stereocenters. The molecule has 0 spiro atoms. The lowest BCUT2D eigenvalue weighted by Crippen LogP contribution is -2.32. The van der Waals surface area contributed by atoms with Crippen LogP contribution in [-0.2, 0) is 20.9 Å². The maximum Gasteiger partial charge on any atom is 0.338 e. The van der Waals surface area contributed by atoms with Gasteiger partial charge in [-0.2, -0.15) is 0 Å². The maximum atomic E-state index is 12.7. The molecule has 6 nitrogen and oxygen atoms in total. The zero-order valence-electron chi connectivity index (χ0n) is 15.8. The summed E-state index contributed by atoms with van der Waals surface area (Å²) in [6.07, 6.45) is 0.0224. The second kappa shape index (κ2) is 9.67. The molecular formula is C21H20N2O4S2. The predicted molar refractivity (Wildman–Crippen MR) is 117 cm³/mol. The van der Waals surface area contributed by atoms with Crippen molar-refractivity contribution < 1.29 is 19.1 Å². The van der Waals surface area contributed by atoms with Crippen molar-refractivity contribution in [2.45, 2.75) is 25.1 Å². The second-order valence-corrected chi connectivity index (χ2v) is 8.17. The van der Waals surface area contributed by atoms with Crippen LogP contribution < -0.4 is 5.32 Å². The van der Waals surface area contributed by atoms with Crippen LogP contribution in [0.4, 0.5) is 5.69 Å². The molecule has 150 valence electrons. The van der Waals surface area contributed by atoms with E-state index in [0.29, 0.717) is 28.7 Å². The molecule has 29 heavy (non-hydrogen) atoms. The van der Waals surface area contributed by atoms with Crippen molar-refractivity contribution in [1.82, 2.24) is 4.90 Å². The van der Waals surface area contributed by atoms with Crippen molar-refractivity contribution in [2.75, 3.05) is 11.9 Å². The number of nitrogens with one attached hydrogen (secondary N) is 1. The number of hydrogen-bond donors (Lipinski definition) is 1. The van der Waals surface area contributed by atoms with Crippen molar-refractivity contribution in [3.05, 3.63) is 65.7 Å². The largest absolute Gasteiger partial charge is 0.462 e. The van der Waals surface area contributed by atoms with Gasteiger partial charge in [0.25, 0.3) is 0 Å². The van der Waals surface area contributed by atoms with Crippen LogP contribution in [0.25, 0.3) is 0 Å². The second-order valence-electron chi connectivity index (χ2n) is 6.33. The van der Waals surface area contributed by atoms with Crippen LogP contribution in [0.2, 0.25) is 0 Å². The number of carbonyl (C=O) groups excluding carboxylic acids is 3. The lowest BCUT2D eigenvalue weighted by atomic mass is 10.2. The summed E-state index contributed by atoms with van der Waals surface area (Å²) >= 11 is 6.57. The highest BCUT2D eigenvalue weighted by Crippen LogP contribution is 2.31. The zero-order valence-corrected chi connectivity index (χ0v) is 17.4. The quantitative estimate of drug-likeness (QED) is 0.536. The number of nitrogens with zero attached hydrogens (tertiary/aromatic N) is 1. The number of anilines is 1. The molecular weight excluding hydrogens is 408 g/mol. The van der Waals surface area contributed by atoms with Gasteiger partial charge in [0.15, 0.2) is 0 Å². The van der Waals surface area contributed by atoms with Gasteiger partial charge in [0.05, 0.1) is 24.0 Å². The number of hydrogen-bond acceptors (Lipinski definition) is 6. The minimum Gasteiger partial charge on any atom is -0.462 e. The van der Waals surface area contributed by atoms with Crippen molar-refractivity contribution in [3.63, 3.8) is 0 Å². The topological polar surface area (TPSA) is 75.7 Å². The highest BCUT2D eigenvalue weighted by molar-refractivity contribution is 8.24. The molecule has 1 heterocycles. The molecule has 1 aliphatic heterocycles. The summed E-state index contributed by atoms with van der Waals surface area (Å²) in [6.45, 7) is 2.44. The Balaban J connectivity index is 1.56. The van der Waals surface area contributed by atoms with E-state index in [1.54, 1.807) is 36.1 Å². The third-order valence-electron chi connectivity index (χ3n) is 4.24. The average molecular weight is 429 g/mol. The molecule has 1 saturated heterocycles. The van der Waals surface area contributed by atoms with Crippen molar-refractivity contribution >= 4 is 51.8 Å². The Hall–Kier alpha value is -2.71. The Morgan fingerprint density at radius 1 is 1.14 bits per heavy atom. The first-order valence-electron chi connectivity index (χ1n) is 9.11. The number of thiocarbonyl (C=S) groups is 1. The molecule has 0 radical (unpaired) electrons. The minimum absolute atomic E-state index is 0.0224. The van der Waals surface area contributed by atoms with E-state index in [0.717, 1.165) is 5.56 Å². The molecule has 8 heteroatoms. The van der Waals surface area contributed by atoms with Crippen LogP contribution in [0.5, 0.6) is 0 Å². The van der Waals surface area contributed by atoms with Crippen LogP contribution in [-0.4, -0.2) is 38.9 Å². The number of carbonyl (C=O) groups is 3. The van der Waals surface area contributed by atoms with E-state index in [4.69, 9.17) is 17.0 Å². The smallest absolute Gasteiger partial charge is 0.338 e. The van der Waals surface area contributed by atoms with Crippen molar-refractivity contribution in [1.29, 1.82) is 0 Å². The van der Waals surface area contributed by atoms with Gasteiger partial charge in [-0.3, -0.25) is 14.5 Å². The number of thioether (sulfide) groups is 1. The van der Waals surface area contributed by atoms with E-state index in [2.05, 4.69) is 5.32 Å². The predicted octanol–water partition coefficient (Wildman–Crippen LogP) is 3.62. The summed E-state index contributed by atoms with van der Waals surface area (Å²) in [4.78, 5) is 38.3. The van der Waals surface area contributed by atoms with E-state index in [9.17, 15) is 14.4 Å². The van der Waals surface area contributed by atoms with Gasteiger partial charge < -0.3 is 10.1 Å². The monoisotopic (exact) mass is 428 g/mol. The van der Waals surface area contributed by atoms with Crippen LogP contribution in [0, 0.1) is 0 Å². The van der Waals surface area contributed by atoms with Crippen LogP contribution in [0.1, 0.15) is 29.3 Å². The highest BCUT2D eigenvalue weighted by Gasteiger charge is 2.38. The number of rotatable bonds is 7. The summed E-state index contributed by atoms with van der Waals surface area (Å²) in [5.41, 5.74) is 1.94. The fourth-order valence-corrected chi connectivity index (χ4v) is 4.31. The van der Waals surface area contributed by atoms with E-state index in [1.807, 2.05) is 30.3 Å². The summed E-state index contributed by atoms with van der Waals surface area (Å²) < 4.78 is 5.41. The number of esters is 1. The molecule has 0 bridgehead atoms. The molecule has 2 amide bonds. The summed E-state index contributed by atoms with van der Waals surface area (Å²) in [7, 11) is 0. The van der Waals surface area contributed by atoms with Crippen LogP contribution in [0.3, 0.4) is 0 Å². The van der Waals surface area contributed by atoms with Gasteiger partial charge in [0, 0.05) is 12.1 Å². The third kappa shape index (κ3) is 5.42. The van der Waals surface area contributed by atoms with E-state index >= 15 is 0 Å². The Kier molecular flexibility index (Phi) is 7.00. The van der Waals surface area contributed by atoms with E-state index < -0.39 is 11.2 Å². The Bertz CT molecular complexity index is 916. The normalized spacial score (nSPS) is 16.0. The molecule has 3 rings (SSSR count). The lowest BCUT2D eigenvalue weighted by Gasteiger charge is -2.15. The highest BCUT2D eigenvalue weighted by atomic mass is 32.2.